The lowest BCUT2D eigenvalue weighted by Gasteiger charge is -2.11. The summed E-state index contributed by atoms with van der Waals surface area (Å²) in [5.74, 6) is 0. The molecule has 10 heavy (non-hydrogen) atoms. The molecule has 0 spiro atoms. The van der Waals surface area contributed by atoms with Crippen molar-refractivity contribution >= 4 is 17.8 Å². The smallest absolute Gasteiger partial charge is 0.373 e. The van der Waals surface area contributed by atoms with Crippen LogP contribution in [0.2, 0.25) is 0 Å². The third-order valence-corrected chi connectivity index (χ3v) is 1.06. The summed E-state index contributed by atoms with van der Waals surface area (Å²) >= 11 is 4.37. The summed E-state index contributed by atoms with van der Waals surface area (Å²) in [7, 11) is 0. The summed E-state index contributed by atoms with van der Waals surface area (Å²) in [6, 6.07) is 0. The monoisotopic (exact) mass is 176 g/mol. The predicted octanol–water partition coefficient (Wildman–Crippen LogP) is 1.61. The van der Waals surface area contributed by atoms with Gasteiger partial charge in [0, 0.05) is 0 Å². The van der Waals surface area contributed by atoms with Crippen molar-refractivity contribution < 1.29 is 27.4 Å². The van der Waals surface area contributed by atoms with Crippen molar-refractivity contribution in [2.24, 2.45) is 0 Å². The van der Waals surface area contributed by atoms with Crippen molar-refractivity contribution in [3.05, 3.63) is 0 Å². The van der Waals surface area contributed by atoms with Gasteiger partial charge in [0.15, 0.2) is 0 Å². The van der Waals surface area contributed by atoms with Crippen LogP contribution >= 0.6 is 11.6 Å². The summed E-state index contributed by atoms with van der Waals surface area (Å²) in [4.78, 5) is 9.83. The van der Waals surface area contributed by atoms with E-state index in [4.69, 9.17) is 0 Å². The summed E-state index contributed by atoms with van der Waals surface area (Å²) < 4.78 is 42.2. The molecule has 1 unspecified atom stereocenters. The Balaban J connectivity index is 2.88. The van der Waals surface area contributed by atoms with Crippen molar-refractivity contribution in [3.63, 3.8) is 0 Å². The average molecular weight is 176 g/mol. The van der Waals surface area contributed by atoms with Crippen LogP contribution in [0.4, 0.5) is 18.0 Å². The lowest BCUT2D eigenvalue weighted by atomic mass is 10.6. The Morgan fingerprint density at radius 2 is 1.80 bits per heavy atom. The van der Waals surface area contributed by atoms with Crippen LogP contribution in [0.5, 0.6) is 0 Å². The Kier molecular flexibility index (Phi) is 1.26. The van der Waals surface area contributed by atoms with E-state index in [0.29, 0.717) is 0 Å². The van der Waals surface area contributed by atoms with Crippen LogP contribution in [-0.4, -0.2) is 17.6 Å². The number of hydrogen-bond acceptors (Lipinski definition) is 3. The van der Waals surface area contributed by atoms with Gasteiger partial charge in [0.25, 0.3) is 0 Å². The molecule has 0 bridgehead atoms. The van der Waals surface area contributed by atoms with Crippen LogP contribution in [0.15, 0.2) is 0 Å². The molecule has 1 saturated heterocycles. The van der Waals surface area contributed by atoms with Crippen LogP contribution < -0.4 is 0 Å². The molecule has 1 fully saturated rings. The number of rotatable bonds is 0. The van der Waals surface area contributed by atoms with E-state index in [1.165, 1.54) is 0 Å². The first-order chi connectivity index (χ1) is 4.35. The van der Waals surface area contributed by atoms with E-state index in [0.717, 1.165) is 0 Å². The van der Waals surface area contributed by atoms with Crippen molar-refractivity contribution in [2.75, 3.05) is 0 Å². The third kappa shape index (κ3) is 0.880. The number of cyclic esters (lactones) is 2. The van der Waals surface area contributed by atoms with Crippen molar-refractivity contribution in [2.45, 2.75) is 11.4 Å². The average Bonchev–Trinajstić information content (AvgIpc) is 1.73. The maximum absolute atomic E-state index is 12.1. The van der Waals surface area contributed by atoms with E-state index in [2.05, 4.69) is 21.1 Å². The first-order valence-corrected chi connectivity index (χ1v) is 2.40. The van der Waals surface area contributed by atoms with Crippen molar-refractivity contribution in [3.8, 4) is 0 Å². The minimum absolute atomic E-state index is 1.83. The second kappa shape index (κ2) is 1.69. The number of hydrogen-bond donors (Lipinski definition) is 0. The van der Waals surface area contributed by atoms with E-state index < -0.39 is 17.6 Å². The minimum Gasteiger partial charge on any atom is -0.373 e. The van der Waals surface area contributed by atoms with E-state index in [1.54, 1.807) is 0 Å². The van der Waals surface area contributed by atoms with Gasteiger partial charge in [0.2, 0.25) is 0 Å². The third-order valence-electron chi connectivity index (χ3n) is 0.762. The minimum atomic E-state index is -4.41. The molecule has 0 amide bonds. The van der Waals surface area contributed by atoms with Crippen LogP contribution in [0.25, 0.3) is 0 Å². The fourth-order valence-corrected chi connectivity index (χ4v) is 0.451. The Morgan fingerprint density at radius 3 is 1.90 bits per heavy atom. The zero-order valence-electron chi connectivity index (χ0n) is 4.24. The molecule has 1 rings (SSSR count). The quantitative estimate of drug-likeness (QED) is 0.416. The molecule has 0 aromatic heterocycles. The van der Waals surface area contributed by atoms with E-state index in [-0.39, 0.29) is 0 Å². The summed E-state index contributed by atoms with van der Waals surface area (Å²) in [6.45, 7) is 0. The Labute approximate surface area is 57.7 Å². The summed E-state index contributed by atoms with van der Waals surface area (Å²) in [5, 5.41) is -3.87. The number of carbonyl (C=O) groups is 1. The molecule has 1 aliphatic heterocycles. The zero-order valence-corrected chi connectivity index (χ0v) is 4.99. The first-order valence-electron chi connectivity index (χ1n) is 2.03. The Hall–Kier alpha value is -0.650. The highest BCUT2D eigenvalue weighted by molar-refractivity contribution is 6.23. The molecule has 58 valence electrons. The van der Waals surface area contributed by atoms with Gasteiger partial charge < -0.3 is 9.47 Å². The van der Waals surface area contributed by atoms with Gasteiger partial charge in [0.1, 0.15) is 0 Å². The highest BCUT2D eigenvalue weighted by atomic mass is 35.5. The molecule has 3 nitrogen and oxygen atoms in total. The first kappa shape index (κ1) is 7.46. The van der Waals surface area contributed by atoms with Crippen LogP contribution in [0, 0.1) is 0 Å². The van der Waals surface area contributed by atoms with Crippen molar-refractivity contribution in [1.82, 2.24) is 0 Å². The fraction of sp³-hybridized carbons (Fsp3) is 0.667. The molecule has 0 N–H and O–H groups in total. The molecule has 1 aliphatic rings. The largest absolute Gasteiger partial charge is 0.517 e. The van der Waals surface area contributed by atoms with Gasteiger partial charge in [-0.1, -0.05) is 0 Å². The highest BCUT2D eigenvalue weighted by Crippen LogP contribution is 2.43. The lowest BCUT2D eigenvalue weighted by Crippen LogP contribution is -2.35. The fourth-order valence-electron chi connectivity index (χ4n) is 0.349. The van der Waals surface area contributed by atoms with Gasteiger partial charge in [0.05, 0.1) is 0 Å². The predicted molar refractivity (Wildman–Crippen MR) is 22.2 cm³/mol. The standard InChI is InChI=1S/C3ClF3O3/c4-2(5)3(6,7)10-1(8)9-2. The van der Waals surface area contributed by atoms with Crippen LogP contribution in [0.1, 0.15) is 0 Å². The van der Waals surface area contributed by atoms with Crippen molar-refractivity contribution in [1.29, 1.82) is 0 Å². The van der Waals surface area contributed by atoms with Gasteiger partial charge in [-0.3, -0.25) is 0 Å². The topological polar surface area (TPSA) is 35.5 Å². The maximum Gasteiger partial charge on any atom is 0.517 e. The van der Waals surface area contributed by atoms with E-state index in [9.17, 15) is 18.0 Å². The Bertz CT molecular complexity index is 162. The molecule has 7 heteroatoms. The lowest BCUT2D eigenvalue weighted by molar-refractivity contribution is -0.250. The second-order valence-electron chi connectivity index (χ2n) is 1.49. The molecule has 0 aromatic carbocycles. The van der Waals surface area contributed by atoms with E-state index in [1.807, 2.05) is 0 Å². The van der Waals surface area contributed by atoms with Gasteiger partial charge in [-0.2, -0.15) is 13.2 Å². The zero-order chi connectivity index (χ0) is 7.99. The number of carbonyl (C=O) groups excluding carboxylic acids is 1. The Morgan fingerprint density at radius 1 is 1.30 bits per heavy atom. The SMILES string of the molecule is O=C1OC(F)(F)C(F)(Cl)O1. The van der Waals surface area contributed by atoms with Gasteiger partial charge in [-0.15, -0.1) is 0 Å². The number of alkyl halides is 4. The second-order valence-corrected chi connectivity index (χ2v) is 1.97. The summed E-state index contributed by atoms with van der Waals surface area (Å²) in [6.07, 6.45) is -6.24. The normalized spacial score (nSPS) is 37.0. The molecule has 0 aliphatic carbocycles. The van der Waals surface area contributed by atoms with Gasteiger partial charge in [-0.25, -0.2) is 4.79 Å². The van der Waals surface area contributed by atoms with E-state index >= 15 is 0 Å². The molecule has 1 atom stereocenters. The van der Waals surface area contributed by atoms with Crippen LogP contribution in [-0.2, 0) is 9.47 Å². The van der Waals surface area contributed by atoms with Crippen LogP contribution in [0.3, 0.4) is 0 Å². The van der Waals surface area contributed by atoms with Gasteiger partial charge in [-0.05, 0) is 11.6 Å². The molecule has 1 heterocycles. The highest BCUT2D eigenvalue weighted by Gasteiger charge is 2.68. The number of halogens is 4. The molecule has 0 radical (unpaired) electrons. The summed E-state index contributed by atoms with van der Waals surface area (Å²) in [5.41, 5.74) is 0. The molecular formula is C3ClF3O3. The molecule has 0 aromatic rings. The molecular weight excluding hydrogens is 176 g/mol. The van der Waals surface area contributed by atoms with Gasteiger partial charge >= 0.3 is 17.6 Å². The number of ether oxygens (including phenoxy) is 2. The molecule has 0 saturated carbocycles. The maximum atomic E-state index is 12.1.